The minimum absolute atomic E-state index is 0.00289. The number of Topliss-reactive ketones (excluding diaryl/α,β-unsaturated/α-hetero) is 1. The van der Waals surface area contributed by atoms with E-state index in [9.17, 15) is 4.79 Å². The maximum absolute atomic E-state index is 10.6. The zero-order valence-electron chi connectivity index (χ0n) is 4.72. The minimum atomic E-state index is 0.00289. The van der Waals surface area contributed by atoms with E-state index in [0.717, 1.165) is 3.79 Å². The van der Waals surface area contributed by atoms with E-state index < -0.39 is 0 Å². The fourth-order valence-electron chi connectivity index (χ4n) is 0.461. The molecule has 0 radical (unpaired) electrons. The molecule has 0 atom stereocenters. The van der Waals surface area contributed by atoms with Gasteiger partial charge in [0.2, 0.25) is 0 Å². The maximum atomic E-state index is 10.6. The molecule has 0 saturated heterocycles. The van der Waals surface area contributed by atoms with Crippen molar-refractivity contribution in [2.75, 3.05) is 0 Å². The third-order valence-corrected chi connectivity index (χ3v) is 2.41. The first-order chi connectivity index (χ1) is 4.22. The van der Waals surface area contributed by atoms with Crippen LogP contribution in [0.3, 0.4) is 0 Å². The number of thiazole rings is 1. The Balaban J connectivity index is 3.08. The number of carbonyl (C=O) groups is 1. The Kier molecular flexibility index (Phi) is 1.97. The van der Waals surface area contributed by atoms with E-state index >= 15 is 0 Å². The van der Waals surface area contributed by atoms with Crippen LogP contribution in [0.15, 0.2) is 9.30 Å². The molecule has 0 bridgehead atoms. The molecule has 4 heteroatoms. The average Bonchev–Trinajstić information content (AvgIpc) is 2.13. The van der Waals surface area contributed by atoms with E-state index in [2.05, 4.69) is 20.9 Å². The lowest BCUT2D eigenvalue weighted by Gasteiger charge is -1.84. The molecule has 9 heavy (non-hydrogen) atoms. The number of carbonyl (C=O) groups excluding carboxylic acids is 1. The van der Waals surface area contributed by atoms with Gasteiger partial charge in [0.05, 0.1) is 5.51 Å². The molecule has 0 aromatic carbocycles. The molecule has 0 spiro atoms. The van der Waals surface area contributed by atoms with Gasteiger partial charge in [0.15, 0.2) is 5.78 Å². The monoisotopic (exact) mass is 205 g/mol. The number of rotatable bonds is 1. The second-order valence-electron chi connectivity index (χ2n) is 1.53. The Hall–Kier alpha value is -0.220. The van der Waals surface area contributed by atoms with Gasteiger partial charge in [0.25, 0.3) is 0 Å². The third kappa shape index (κ3) is 1.37. The number of aromatic nitrogens is 1. The van der Waals surface area contributed by atoms with Crippen LogP contribution in [0.1, 0.15) is 17.4 Å². The molecule has 0 fully saturated rings. The topological polar surface area (TPSA) is 30.0 Å². The van der Waals surface area contributed by atoms with Crippen LogP contribution in [0.4, 0.5) is 0 Å². The van der Waals surface area contributed by atoms with E-state index in [1.807, 2.05) is 0 Å². The molecule has 0 amide bonds. The summed E-state index contributed by atoms with van der Waals surface area (Å²) in [6.07, 6.45) is 0. The fourth-order valence-corrected chi connectivity index (χ4v) is 1.65. The molecule has 2 nitrogen and oxygen atoms in total. The van der Waals surface area contributed by atoms with Gasteiger partial charge in [-0.05, 0) is 15.9 Å². The summed E-state index contributed by atoms with van der Waals surface area (Å²) in [5, 5.41) is 0. The molecule has 0 N–H and O–H groups in total. The number of ketones is 1. The summed E-state index contributed by atoms with van der Waals surface area (Å²) in [6, 6.07) is 0. The van der Waals surface area contributed by atoms with Crippen LogP contribution in [-0.4, -0.2) is 10.8 Å². The maximum Gasteiger partial charge on any atom is 0.180 e. The number of nitrogens with zero attached hydrogens (tertiary/aromatic N) is 1. The molecule has 0 aliphatic rings. The SMILES string of the molecule is CC(=O)c1ncsc1Br. The first-order valence-corrected chi connectivity index (χ1v) is 3.99. The van der Waals surface area contributed by atoms with Crippen LogP contribution in [0.5, 0.6) is 0 Å². The van der Waals surface area contributed by atoms with E-state index in [4.69, 9.17) is 0 Å². The third-order valence-electron chi connectivity index (χ3n) is 0.858. The lowest BCUT2D eigenvalue weighted by Crippen LogP contribution is -1.91. The van der Waals surface area contributed by atoms with Crippen molar-refractivity contribution in [3.05, 3.63) is 15.0 Å². The average molecular weight is 206 g/mol. The van der Waals surface area contributed by atoms with Crippen molar-refractivity contribution in [2.45, 2.75) is 6.92 Å². The Bertz CT molecular complexity index is 233. The summed E-state index contributed by atoms with van der Waals surface area (Å²) >= 11 is 4.62. The summed E-state index contributed by atoms with van der Waals surface area (Å²) in [6.45, 7) is 1.50. The summed E-state index contributed by atoms with van der Waals surface area (Å²) in [4.78, 5) is 14.5. The first-order valence-electron chi connectivity index (χ1n) is 2.31. The molecule has 0 saturated carbocycles. The summed E-state index contributed by atoms with van der Waals surface area (Å²) in [5.41, 5.74) is 2.17. The van der Waals surface area contributed by atoms with Crippen LogP contribution < -0.4 is 0 Å². The van der Waals surface area contributed by atoms with Crippen molar-refractivity contribution in [2.24, 2.45) is 0 Å². The highest BCUT2D eigenvalue weighted by atomic mass is 79.9. The zero-order valence-corrected chi connectivity index (χ0v) is 7.12. The Morgan fingerprint density at radius 3 is 2.78 bits per heavy atom. The molecule has 0 aliphatic carbocycles. The van der Waals surface area contributed by atoms with Gasteiger partial charge in [0, 0.05) is 6.92 Å². The van der Waals surface area contributed by atoms with Crippen molar-refractivity contribution in [3.63, 3.8) is 0 Å². The van der Waals surface area contributed by atoms with Crippen molar-refractivity contribution in [1.82, 2.24) is 4.98 Å². The van der Waals surface area contributed by atoms with E-state index in [1.54, 1.807) is 5.51 Å². The second kappa shape index (κ2) is 2.58. The predicted molar refractivity (Wildman–Crippen MR) is 39.8 cm³/mol. The molecule has 0 aliphatic heterocycles. The van der Waals surface area contributed by atoms with Crippen LogP contribution in [-0.2, 0) is 0 Å². The van der Waals surface area contributed by atoms with Crippen LogP contribution in [0.25, 0.3) is 0 Å². The number of hydrogen-bond donors (Lipinski definition) is 0. The second-order valence-corrected chi connectivity index (χ2v) is 3.70. The lowest BCUT2D eigenvalue weighted by molar-refractivity contribution is 0.101. The van der Waals surface area contributed by atoms with Crippen LogP contribution in [0.2, 0.25) is 0 Å². The molecular weight excluding hydrogens is 202 g/mol. The molecular formula is C5H4BrNOS. The van der Waals surface area contributed by atoms with Crippen LogP contribution >= 0.6 is 27.3 Å². The summed E-state index contributed by atoms with van der Waals surface area (Å²) in [5.74, 6) is 0.00289. The molecule has 0 unspecified atom stereocenters. The van der Waals surface area contributed by atoms with Gasteiger partial charge < -0.3 is 0 Å². The number of hydrogen-bond acceptors (Lipinski definition) is 3. The summed E-state index contributed by atoms with van der Waals surface area (Å²) < 4.78 is 0.815. The van der Waals surface area contributed by atoms with E-state index in [1.165, 1.54) is 18.3 Å². The van der Waals surface area contributed by atoms with Crippen LogP contribution in [0, 0.1) is 0 Å². The van der Waals surface area contributed by atoms with Crippen molar-refractivity contribution < 1.29 is 4.79 Å². The Morgan fingerprint density at radius 2 is 2.56 bits per heavy atom. The number of halogens is 1. The van der Waals surface area contributed by atoms with E-state index in [-0.39, 0.29) is 5.78 Å². The largest absolute Gasteiger partial charge is 0.293 e. The Morgan fingerprint density at radius 1 is 1.89 bits per heavy atom. The van der Waals surface area contributed by atoms with Gasteiger partial charge in [-0.15, -0.1) is 11.3 Å². The normalized spacial score (nSPS) is 9.56. The summed E-state index contributed by atoms with van der Waals surface area (Å²) in [7, 11) is 0. The smallest absolute Gasteiger partial charge is 0.180 e. The Labute approximate surface area is 65.1 Å². The fraction of sp³-hybridized carbons (Fsp3) is 0.200. The highest BCUT2D eigenvalue weighted by molar-refractivity contribution is 9.11. The standard InChI is InChI=1S/C5H4BrNOS/c1-3(8)4-5(6)9-2-7-4/h2H,1H3. The highest BCUT2D eigenvalue weighted by Crippen LogP contribution is 2.20. The van der Waals surface area contributed by atoms with Gasteiger partial charge >= 0.3 is 0 Å². The van der Waals surface area contributed by atoms with Gasteiger partial charge in [0.1, 0.15) is 9.48 Å². The highest BCUT2D eigenvalue weighted by Gasteiger charge is 2.05. The lowest BCUT2D eigenvalue weighted by atomic mass is 10.4. The molecule has 1 rings (SSSR count). The first kappa shape index (κ1) is 6.89. The van der Waals surface area contributed by atoms with Gasteiger partial charge in [-0.2, -0.15) is 0 Å². The molecule has 1 heterocycles. The van der Waals surface area contributed by atoms with Gasteiger partial charge in [-0.1, -0.05) is 0 Å². The van der Waals surface area contributed by atoms with E-state index in [0.29, 0.717) is 5.69 Å². The predicted octanol–water partition coefficient (Wildman–Crippen LogP) is 2.11. The van der Waals surface area contributed by atoms with Crippen molar-refractivity contribution in [3.8, 4) is 0 Å². The molecule has 1 aromatic rings. The molecule has 1 aromatic heterocycles. The molecule has 48 valence electrons. The van der Waals surface area contributed by atoms with Crippen molar-refractivity contribution in [1.29, 1.82) is 0 Å². The minimum Gasteiger partial charge on any atom is -0.293 e. The van der Waals surface area contributed by atoms with Gasteiger partial charge in [-0.25, -0.2) is 4.98 Å². The van der Waals surface area contributed by atoms with Gasteiger partial charge in [-0.3, -0.25) is 4.79 Å². The van der Waals surface area contributed by atoms with Crippen molar-refractivity contribution >= 4 is 33.0 Å². The quantitative estimate of drug-likeness (QED) is 0.658. The zero-order chi connectivity index (χ0) is 6.85.